The lowest BCUT2D eigenvalue weighted by molar-refractivity contribution is 0.0926. The van der Waals surface area contributed by atoms with E-state index in [9.17, 15) is 4.79 Å². The first-order valence-corrected chi connectivity index (χ1v) is 10.3. The molecule has 1 aromatic heterocycles. The quantitative estimate of drug-likeness (QED) is 0.745. The van der Waals surface area contributed by atoms with Crippen LogP contribution in [0.5, 0.6) is 5.75 Å². The molecule has 1 aromatic carbocycles. The zero-order valence-corrected chi connectivity index (χ0v) is 17.7. The van der Waals surface area contributed by atoms with Crippen molar-refractivity contribution in [3.8, 4) is 5.75 Å². The Morgan fingerprint density at radius 3 is 2.55 bits per heavy atom. The molecule has 156 valence electrons. The number of aryl methyl sites for hydroxylation is 1. The topological polar surface area (TPSA) is 79.4 Å². The molecule has 1 fully saturated rings. The normalized spacial score (nSPS) is 18.8. The van der Waals surface area contributed by atoms with Crippen molar-refractivity contribution >= 4 is 17.7 Å². The number of hydrogen-bond acceptors (Lipinski definition) is 6. The fourth-order valence-electron chi connectivity index (χ4n) is 3.57. The molecule has 1 aliphatic carbocycles. The SMILES string of the molecule is CCOc1cccc(C(=O)NC2CCC(Nc3nc(C)cc(N(C)C)n3)CC2)c1. The highest BCUT2D eigenvalue weighted by atomic mass is 16.5. The fraction of sp³-hybridized carbons (Fsp3) is 0.500. The van der Waals surface area contributed by atoms with Gasteiger partial charge in [0.05, 0.1) is 6.61 Å². The number of benzene rings is 1. The third-order valence-corrected chi connectivity index (χ3v) is 5.10. The summed E-state index contributed by atoms with van der Waals surface area (Å²) in [5.74, 6) is 2.26. The van der Waals surface area contributed by atoms with Gasteiger partial charge in [0.2, 0.25) is 5.95 Å². The molecule has 1 heterocycles. The average molecular weight is 398 g/mol. The highest BCUT2D eigenvalue weighted by molar-refractivity contribution is 5.94. The molecule has 2 aromatic rings. The molecule has 7 heteroatoms. The van der Waals surface area contributed by atoms with Crippen molar-refractivity contribution in [1.82, 2.24) is 15.3 Å². The number of amides is 1. The van der Waals surface area contributed by atoms with E-state index < -0.39 is 0 Å². The van der Waals surface area contributed by atoms with Crippen LogP contribution in [0.4, 0.5) is 11.8 Å². The molecule has 1 aliphatic rings. The molecule has 0 unspecified atom stereocenters. The highest BCUT2D eigenvalue weighted by Gasteiger charge is 2.23. The Labute approximate surface area is 172 Å². The van der Waals surface area contributed by atoms with Gasteiger partial charge in [-0.25, -0.2) is 4.98 Å². The Balaban J connectivity index is 1.52. The molecule has 3 rings (SSSR count). The summed E-state index contributed by atoms with van der Waals surface area (Å²) in [5.41, 5.74) is 1.59. The van der Waals surface area contributed by atoms with Gasteiger partial charge < -0.3 is 20.3 Å². The summed E-state index contributed by atoms with van der Waals surface area (Å²) < 4.78 is 5.49. The molecule has 1 amide bonds. The largest absolute Gasteiger partial charge is 0.494 e. The van der Waals surface area contributed by atoms with E-state index in [4.69, 9.17) is 4.74 Å². The second-order valence-corrected chi connectivity index (χ2v) is 7.71. The van der Waals surface area contributed by atoms with Crippen LogP contribution in [0, 0.1) is 6.92 Å². The first-order valence-electron chi connectivity index (χ1n) is 10.3. The van der Waals surface area contributed by atoms with E-state index in [-0.39, 0.29) is 11.9 Å². The smallest absolute Gasteiger partial charge is 0.251 e. The Morgan fingerprint density at radius 2 is 1.86 bits per heavy atom. The predicted octanol–water partition coefficient (Wildman–Crippen LogP) is 3.40. The summed E-state index contributed by atoms with van der Waals surface area (Å²) in [6, 6.07) is 9.81. The zero-order chi connectivity index (χ0) is 20.8. The zero-order valence-electron chi connectivity index (χ0n) is 17.7. The van der Waals surface area contributed by atoms with Gasteiger partial charge in [0.1, 0.15) is 11.6 Å². The van der Waals surface area contributed by atoms with Crippen molar-refractivity contribution in [2.75, 3.05) is 30.9 Å². The lowest BCUT2D eigenvalue weighted by Crippen LogP contribution is -2.40. The Kier molecular flexibility index (Phi) is 6.90. The summed E-state index contributed by atoms with van der Waals surface area (Å²) in [5, 5.41) is 6.63. The molecule has 0 saturated heterocycles. The molecule has 7 nitrogen and oxygen atoms in total. The van der Waals surface area contributed by atoms with Crippen LogP contribution in [0.2, 0.25) is 0 Å². The maximum atomic E-state index is 12.6. The van der Waals surface area contributed by atoms with Crippen molar-refractivity contribution in [1.29, 1.82) is 0 Å². The van der Waals surface area contributed by atoms with Gasteiger partial charge in [-0.15, -0.1) is 0 Å². The molecule has 0 spiro atoms. The lowest BCUT2D eigenvalue weighted by atomic mass is 9.91. The molecule has 29 heavy (non-hydrogen) atoms. The second-order valence-electron chi connectivity index (χ2n) is 7.71. The van der Waals surface area contributed by atoms with Gasteiger partial charge in [-0.05, 0) is 57.7 Å². The molecule has 2 N–H and O–H groups in total. The summed E-state index contributed by atoms with van der Waals surface area (Å²) >= 11 is 0. The van der Waals surface area contributed by atoms with Crippen LogP contribution in [-0.4, -0.2) is 48.7 Å². The van der Waals surface area contributed by atoms with Crippen molar-refractivity contribution in [3.63, 3.8) is 0 Å². The first kappa shape index (κ1) is 20.9. The van der Waals surface area contributed by atoms with Crippen molar-refractivity contribution in [3.05, 3.63) is 41.6 Å². The van der Waals surface area contributed by atoms with Crippen LogP contribution < -0.4 is 20.3 Å². The first-order chi connectivity index (χ1) is 13.9. The van der Waals surface area contributed by atoms with Gasteiger partial charge in [0.15, 0.2) is 0 Å². The van der Waals surface area contributed by atoms with Crippen LogP contribution in [0.3, 0.4) is 0 Å². The standard InChI is InChI=1S/C22H31N5O2/c1-5-29-19-8-6-7-16(14-19)21(28)24-17-9-11-18(12-10-17)25-22-23-15(2)13-20(26-22)27(3)4/h6-8,13-14,17-18H,5,9-12H2,1-4H3,(H,24,28)(H,23,25,26). The van der Waals surface area contributed by atoms with Crippen molar-refractivity contribution < 1.29 is 9.53 Å². The van der Waals surface area contributed by atoms with Crippen molar-refractivity contribution in [2.45, 2.75) is 51.6 Å². The molecule has 0 atom stereocenters. The third kappa shape index (κ3) is 5.82. The summed E-state index contributed by atoms with van der Waals surface area (Å²) in [4.78, 5) is 23.6. The van der Waals surface area contributed by atoms with Crippen LogP contribution in [0.15, 0.2) is 30.3 Å². The Bertz CT molecular complexity index is 832. The number of carbonyl (C=O) groups is 1. The Hall–Kier alpha value is -2.83. The second kappa shape index (κ2) is 9.58. The van der Waals surface area contributed by atoms with Crippen LogP contribution in [0.1, 0.15) is 48.7 Å². The van der Waals surface area contributed by atoms with Crippen LogP contribution in [0.25, 0.3) is 0 Å². The number of nitrogens with zero attached hydrogens (tertiary/aromatic N) is 3. The average Bonchev–Trinajstić information content (AvgIpc) is 2.69. The molecule has 0 bridgehead atoms. The van der Waals surface area contributed by atoms with E-state index in [1.807, 2.05) is 57.1 Å². The number of hydrogen-bond donors (Lipinski definition) is 2. The van der Waals surface area contributed by atoms with Gasteiger partial charge in [0.25, 0.3) is 5.91 Å². The molecule has 0 radical (unpaired) electrons. The number of aromatic nitrogens is 2. The maximum Gasteiger partial charge on any atom is 0.251 e. The van der Waals surface area contributed by atoms with E-state index in [0.29, 0.717) is 24.2 Å². The molecular weight excluding hydrogens is 366 g/mol. The summed E-state index contributed by atoms with van der Waals surface area (Å²) in [6.07, 6.45) is 3.80. The van der Waals surface area contributed by atoms with Crippen molar-refractivity contribution in [2.24, 2.45) is 0 Å². The number of nitrogens with one attached hydrogen (secondary N) is 2. The monoisotopic (exact) mass is 397 g/mol. The van der Waals surface area contributed by atoms with Gasteiger partial charge in [-0.1, -0.05) is 6.07 Å². The van der Waals surface area contributed by atoms with Gasteiger partial charge in [-0.2, -0.15) is 4.98 Å². The van der Waals surface area contributed by atoms with E-state index in [2.05, 4.69) is 20.6 Å². The molecular formula is C22H31N5O2. The Morgan fingerprint density at radius 1 is 1.14 bits per heavy atom. The van der Waals surface area contributed by atoms with E-state index in [1.54, 1.807) is 6.07 Å². The lowest BCUT2D eigenvalue weighted by Gasteiger charge is -2.30. The van der Waals surface area contributed by atoms with Gasteiger partial charge in [0, 0.05) is 43.5 Å². The minimum Gasteiger partial charge on any atom is -0.494 e. The summed E-state index contributed by atoms with van der Waals surface area (Å²) in [7, 11) is 3.95. The fourth-order valence-corrected chi connectivity index (χ4v) is 3.57. The third-order valence-electron chi connectivity index (χ3n) is 5.10. The minimum atomic E-state index is -0.0411. The number of ether oxygens (including phenoxy) is 1. The minimum absolute atomic E-state index is 0.0411. The summed E-state index contributed by atoms with van der Waals surface area (Å²) in [6.45, 7) is 4.50. The highest BCUT2D eigenvalue weighted by Crippen LogP contribution is 2.23. The number of rotatable bonds is 7. The molecule has 1 saturated carbocycles. The number of anilines is 2. The van der Waals surface area contributed by atoms with E-state index in [1.165, 1.54) is 0 Å². The van der Waals surface area contributed by atoms with Gasteiger partial charge >= 0.3 is 0 Å². The van der Waals surface area contributed by atoms with Crippen LogP contribution >= 0.6 is 0 Å². The van der Waals surface area contributed by atoms with Gasteiger partial charge in [-0.3, -0.25) is 4.79 Å². The van der Waals surface area contributed by atoms with Crippen LogP contribution in [-0.2, 0) is 0 Å². The predicted molar refractivity (Wildman–Crippen MR) is 116 cm³/mol. The molecule has 0 aliphatic heterocycles. The maximum absolute atomic E-state index is 12.6. The van der Waals surface area contributed by atoms with E-state index in [0.717, 1.165) is 42.9 Å². The number of carbonyl (C=O) groups excluding carboxylic acids is 1. The van der Waals surface area contributed by atoms with E-state index >= 15 is 0 Å².